The number of nitrogens with zero attached hydrogens (tertiary/aromatic N) is 1. The number of carbonyl (C=O) groups excluding carboxylic acids is 2. The quantitative estimate of drug-likeness (QED) is 0.293. The van der Waals surface area contributed by atoms with Crippen LogP contribution in [0.5, 0.6) is 5.75 Å². The van der Waals surface area contributed by atoms with Crippen LogP contribution in [0.25, 0.3) is 6.08 Å². The monoisotopic (exact) mass is 433 g/mol. The van der Waals surface area contributed by atoms with Crippen molar-refractivity contribution >= 4 is 29.4 Å². The second kappa shape index (κ2) is 11.0. The van der Waals surface area contributed by atoms with Gasteiger partial charge in [0.1, 0.15) is 5.75 Å². The Morgan fingerprint density at radius 2 is 1.78 bits per heavy atom. The predicted molar refractivity (Wildman–Crippen MR) is 122 cm³/mol. The van der Waals surface area contributed by atoms with Gasteiger partial charge in [0.25, 0.3) is 0 Å². The minimum Gasteiger partial charge on any atom is -0.462 e. The summed E-state index contributed by atoms with van der Waals surface area (Å²) in [7, 11) is 0. The van der Waals surface area contributed by atoms with Gasteiger partial charge in [-0.15, -0.1) is 0 Å². The standard InChI is InChI=1S/C25H27N3O4/c26-16-18-1-6-20(7-2-18)25(30)32-22-10-3-17(4-11-22)5-12-24(29)31-14-13-19-8-9-21(27)15-23(19)28/h3-5,8-12,15,18,20H,1-2,6-7,13-14,27-28H2/b12-5+. The van der Waals surface area contributed by atoms with Gasteiger partial charge in [0.2, 0.25) is 0 Å². The van der Waals surface area contributed by atoms with Gasteiger partial charge in [0, 0.05) is 29.8 Å². The second-order valence-corrected chi connectivity index (χ2v) is 7.88. The number of anilines is 2. The van der Waals surface area contributed by atoms with E-state index in [1.807, 2.05) is 6.07 Å². The van der Waals surface area contributed by atoms with Gasteiger partial charge < -0.3 is 20.9 Å². The van der Waals surface area contributed by atoms with Crippen molar-refractivity contribution in [3.8, 4) is 11.8 Å². The maximum atomic E-state index is 12.3. The molecule has 1 aliphatic rings. The van der Waals surface area contributed by atoms with Crippen molar-refractivity contribution in [2.75, 3.05) is 18.1 Å². The van der Waals surface area contributed by atoms with Gasteiger partial charge in [-0.05, 0) is 67.2 Å². The number of benzene rings is 2. The van der Waals surface area contributed by atoms with Crippen LogP contribution in [0.2, 0.25) is 0 Å². The molecule has 32 heavy (non-hydrogen) atoms. The van der Waals surface area contributed by atoms with Gasteiger partial charge in [-0.25, -0.2) is 4.79 Å². The van der Waals surface area contributed by atoms with E-state index in [0.717, 1.165) is 24.0 Å². The highest BCUT2D eigenvalue weighted by molar-refractivity contribution is 5.87. The van der Waals surface area contributed by atoms with Crippen molar-refractivity contribution in [1.82, 2.24) is 0 Å². The van der Waals surface area contributed by atoms with Gasteiger partial charge in [0.15, 0.2) is 0 Å². The Hall–Kier alpha value is -3.79. The first-order chi connectivity index (χ1) is 15.4. The lowest BCUT2D eigenvalue weighted by Gasteiger charge is -2.23. The Labute approximate surface area is 187 Å². The largest absolute Gasteiger partial charge is 0.462 e. The second-order valence-electron chi connectivity index (χ2n) is 7.88. The number of carbonyl (C=O) groups is 2. The average Bonchev–Trinajstić information content (AvgIpc) is 2.80. The summed E-state index contributed by atoms with van der Waals surface area (Å²) in [5.41, 5.74) is 14.4. The number of nitriles is 1. The SMILES string of the molecule is N#CC1CCC(C(=O)Oc2ccc(/C=C/C(=O)OCCc3ccc(N)cc3N)cc2)CC1. The molecule has 0 spiro atoms. The lowest BCUT2D eigenvalue weighted by atomic mass is 9.83. The number of esters is 2. The molecule has 2 aromatic rings. The van der Waals surface area contributed by atoms with Gasteiger partial charge in [-0.2, -0.15) is 5.26 Å². The lowest BCUT2D eigenvalue weighted by molar-refractivity contribution is -0.140. The van der Waals surface area contributed by atoms with E-state index in [9.17, 15) is 9.59 Å². The van der Waals surface area contributed by atoms with E-state index in [0.29, 0.717) is 36.4 Å². The molecule has 4 N–H and O–H groups in total. The Morgan fingerprint density at radius 3 is 2.44 bits per heavy atom. The highest BCUT2D eigenvalue weighted by Gasteiger charge is 2.27. The summed E-state index contributed by atoms with van der Waals surface area (Å²) >= 11 is 0. The van der Waals surface area contributed by atoms with Gasteiger partial charge in [0.05, 0.1) is 18.6 Å². The van der Waals surface area contributed by atoms with E-state index in [1.165, 1.54) is 6.08 Å². The molecule has 0 atom stereocenters. The molecule has 0 bridgehead atoms. The van der Waals surface area contributed by atoms with Crippen LogP contribution >= 0.6 is 0 Å². The van der Waals surface area contributed by atoms with Gasteiger partial charge in [-0.1, -0.05) is 18.2 Å². The number of hydrogen-bond donors (Lipinski definition) is 2. The van der Waals surface area contributed by atoms with Crippen molar-refractivity contribution < 1.29 is 19.1 Å². The Balaban J connectivity index is 1.43. The van der Waals surface area contributed by atoms with E-state index in [-0.39, 0.29) is 24.4 Å². The van der Waals surface area contributed by atoms with Crippen molar-refractivity contribution in [2.24, 2.45) is 11.8 Å². The van der Waals surface area contributed by atoms with E-state index >= 15 is 0 Å². The predicted octanol–water partition coefficient (Wildman–Crippen LogP) is 3.89. The fourth-order valence-corrected chi connectivity index (χ4v) is 3.62. The molecule has 3 rings (SSSR count). The molecular formula is C25H27N3O4. The third-order valence-corrected chi connectivity index (χ3v) is 5.54. The average molecular weight is 434 g/mol. The molecule has 1 saturated carbocycles. The maximum absolute atomic E-state index is 12.3. The molecule has 0 amide bonds. The number of ether oxygens (including phenoxy) is 2. The van der Waals surface area contributed by atoms with E-state index in [2.05, 4.69) is 6.07 Å². The molecule has 0 saturated heterocycles. The summed E-state index contributed by atoms with van der Waals surface area (Å²) in [5.74, 6) is -0.360. The minimum atomic E-state index is -0.456. The summed E-state index contributed by atoms with van der Waals surface area (Å²) in [6.45, 7) is 0.211. The fraction of sp³-hybridized carbons (Fsp3) is 0.320. The van der Waals surface area contributed by atoms with Crippen molar-refractivity contribution in [1.29, 1.82) is 5.26 Å². The highest BCUT2D eigenvalue weighted by Crippen LogP contribution is 2.29. The zero-order valence-corrected chi connectivity index (χ0v) is 17.8. The summed E-state index contributed by atoms with van der Waals surface area (Å²) in [4.78, 5) is 24.2. The van der Waals surface area contributed by atoms with Crippen LogP contribution in [0, 0.1) is 23.2 Å². The molecular weight excluding hydrogens is 406 g/mol. The van der Waals surface area contributed by atoms with Crippen molar-refractivity contribution in [3.05, 3.63) is 59.7 Å². The molecule has 1 aliphatic carbocycles. The van der Waals surface area contributed by atoms with Crippen LogP contribution in [0.4, 0.5) is 11.4 Å². The summed E-state index contributed by atoms with van der Waals surface area (Å²) in [6.07, 6.45) is 6.34. The number of hydrogen-bond acceptors (Lipinski definition) is 7. The number of rotatable bonds is 7. The molecule has 7 heteroatoms. The topological polar surface area (TPSA) is 128 Å². The normalized spacial score (nSPS) is 18.1. The zero-order chi connectivity index (χ0) is 22.9. The first kappa shape index (κ1) is 22.9. The molecule has 1 fully saturated rings. The maximum Gasteiger partial charge on any atom is 0.330 e. The van der Waals surface area contributed by atoms with E-state index in [4.69, 9.17) is 26.2 Å². The van der Waals surface area contributed by atoms with Crippen LogP contribution < -0.4 is 16.2 Å². The van der Waals surface area contributed by atoms with Crippen molar-refractivity contribution in [2.45, 2.75) is 32.1 Å². The number of nitrogen functional groups attached to an aromatic ring is 2. The fourth-order valence-electron chi connectivity index (χ4n) is 3.62. The zero-order valence-electron chi connectivity index (χ0n) is 17.8. The van der Waals surface area contributed by atoms with Gasteiger partial charge >= 0.3 is 11.9 Å². The third kappa shape index (κ3) is 6.61. The Bertz CT molecular complexity index is 1020. The molecule has 0 unspecified atom stereocenters. The lowest BCUT2D eigenvalue weighted by Crippen LogP contribution is -2.25. The van der Waals surface area contributed by atoms with Crippen LogP contribution in [-0.4, -0.2) is 18.5 Å². The van der Waals surface area contributed by atoms with E-state index in [1.54, 1.807) is 42.5 Å². The molecule has 0 heterocycles. The van der Waals surface area contributed by atoms with Crippen molar-refractivity contribution in [3.63, 3.8) is 0 Å². The van der Waals surface area contributed by atoms with Crippen LogP contribution in [0.15, 0.2) is 48.5 Å². The smallest absolute Gasteiger partial charge is 0.330 e. The van der Waals surface area contributed by atoms with Crippen LogP contribution in [0.1, 0.15) is 36.8 Å². The van der Waals surface area contributed by atoms with Crippen LogP contribution in [0.3, 0.4) is 0 Å². The Morgan fingerprint density at radius 1 is 1.06 bits per heavy atom. The first-order valence-electron chi connectivity index (χ1n) is 10.6. The molecule has 0 radical (unpaired) electrons. The third-order valence-electron chi connectivity index (χ3n) is 5.54. The summed E-state index contributed by atoms with van der Waals surface area (Å²) in [5, 5.41) is 8.95. The summed E-state index contributed by atoms with van der Waals surface area (Å²) < 4.78 is 10.7. The number of nitrogens with two attached hydrogens (primary N) is 2. The van der Waals surface area contributed by atoms with E-state index < -0.39 is 5.97 Å². The molecule has 2 aromatic carbocycles. The highest BCUT2D eigenvalue weighted by atomic mass is 16.5. The molecule has 7 nitrogen and oxygen atoms in total. The summed E-state index contributed by atoms with van der Waals surface area (Å²) in [6, 6.07) is 14.4. The molecule has 0 aliphatic heterocycles. The first-order valence-corrected chi connectivity index (χ1v) is 10.6. The van der Waals surface area contributed by atoms with Gasteiger partial charge in [-0.3, -0.25) is 4.79 Å². The molecule has 0 aromatic heterocycles. The molecule has 166 valence electrons. The Kier molecular flexibility index (Phi) is 7.87. The van der Waals surface area contributed by atoms with Crippen LogP contribution in [-0.2, 0) is 20.7 Å². The minimum absolute atomic E-state index is 0.0488.